The second-order valence-electron chi connectivity index (χ2n) is 2.68. The molecule has 0 aliphatic carbocycles. The van der Waals surface area contributed by atoms with Crippen molar-refractivity contribution in [3.63, 3.8) is 0 Å². The summed E-state index contributed by atoms with van der Waals surface area (Å²) in [5, 5.41) is 10.3. The summed E-state index contributed by atoms with van der Waals surface area (Å²) in [6.45, 7) is 0.418. The first-order chi connectivity index (χ1) is 6.27. The molecule has 5 nitrogen and oxygen atoms in total. The number of aliphatic hydroxyl groups is 1. The van der Waals surface area contributed by atoms with Gasteiger partial charge in [0.25, 0.3) is 5.91 Å². The minimum atomic E-state index is -0.572. The smallest absolute Gasteiger partial charge is 0.289 e. The highest BCUT2D eigenvalue weighted by atomic mass is 32.1. The van der Waals surface area contributed by atoms with Gasteiger partial charge < -0.3 is 5.11 Å². The van der Waals surface area contributed by atoms with Crippen molar-refractivity contribution in [3.8, 4) is 0 Å². The first kappa shape index (κ1) is 8.61. The predicted octanol–water partition coefficient (Wildman–Crippen LogP) is -0.109. The van der Waals surface area contributed by atoms with E-state index in [2.05, 4.69) is 4.98 Å². The Morgan fingerprint density at radius 3 is 3.23 bits per heavy atom. The molecule has 0 bridgehead atoms. The monoisotopic (exact) mass is 200 g/mol. The normalized spacial score (nSPS) is 22.2. The Morgan fingerprint density at radius 2 is 2.69 bits per heavy atom. The van der Waals surface area contributed by atoms with E-state index in [-0.39, 0.29) is 19.1 Å². The average molecular weight is 200 g/mol. The van der Waals surface area contributed by atoms with Crippen molar-refractivity contribution in [1.29, 1.82) is 0 Å². The molecule has 1 aromatic rings. The van der Waals surface area contributed by atoms with Gasteiger partial charge in [-0.15, -0.1) is 11.3 Å². The Morgan fingerprint density at radius 1 is 1.85 bits per heavy atom. The van der Waals surface area contributed by atoms with Gasteiger partial charge in [-0.2, -0.15) is 0 Å². The van der Waals surface area contributed by atoms with Gasteiger partial charge >= 0.3 is 0 Å². The third kappa shape index (κ3) is 1.69. The number of nitrogens with zero attached hydrogens (tertiary/aromatic N) is 2. The van der Waals surface area contributed by atoms with Gasteiger partial charge in [0.2, 0.25) is 0 Å². The lowest BCUT2D eigenvalue weighted by Gasteiger charge is -2.11. The maximum absolute atomic E-state index is 11.5. The van der Waals surface area contributed by atoms with E-state index in [1.54, 1.807) is 5.51 Å². The van der Waals surface area contributed by atoms with E-state index in [1.807, 2.05) is 0 Å². The number of hydrogen-bond donors (Lipinski definition) is 1. The summed E-state index contributed by atoms with van der Waals surface area (Å²) in [6, 6.07) is 0. The highest BCUT2D eigenvalue weighted by molar-refractivity contribution is 7.11. The molecule has 1 amide bonds. The van der Waals surface area contributed by atoms with Gasteiger partial charge in [-0.3, -0.25) is 14.6 Å². The molecule has 6 heteroatoms. The number of aliphatic hydroxyl groups excluding tert-OH is 1. The summed E-state index contributed by atoms with van der Waals surface area (Å²) in [5.74, 6) is -0.237. The molecule has 2 heterocycles. The van der Waals surface area contributed by atoms with Crippen LogP contribution in [0, 0.1) is 0 Å². The van der Waals surface area contributed by atoms with Gasteiger partial charge in [0, 0.05) is 0 Å². The molecule has 1 N–H and O–H groups in total. The molecule has 70 valence electrons. The van der Waals surface area contributed by atoms with E-state index in [0.29, 0.717) is 4.88 Å². The molecule has 0 saturated carbocycles. The van der Waals surface area contributed by atoms with E-state index >= 15 is 0 Å². The summed E-state index contributed by atoms with van der Waals surface area (Å²) < 4.78 is 0. The van der Waals surface area contributed by atoms with E-state index in [1.165, 1.54) is 17.5 Å². The van der Waals surface area contributed by atoms with E-state index < -0.39 is 6.10 Å². The summed E-state index contributed by atoms with van der Waals surface area (Å²) >= 11 is 1.26. The first-order valence-corrected chi connectivity index (χ1v) is 4.66. The van der Waals surface area contributed by atoms with E-state index in [4.69, 9.17) is 9.94 Å². The fourth-order valence-electron chi connectivity index (χ4n) is 1.06. The quantitative estimate of drug-likeness (QED) is 0.687. The number of β-amino-alcohol motifs (C(OH)–C–C–N with tert-alkyl or cyclic N) is 1. The van der Waals surface area contributed by atoms with Crippen LogP contribution in [-0.2, 0) is 4.84 Å². The molecule has 0 radical (unpaired) electrons. The second-order valence-corrected chi connectivity index (χ2v) is 3.57. The molecule has 0 aromatic carbocycles. The fourth-order valence-corrected chi connectivity index (χ4v) is 1.62. The van der Waals surface area contributed by atoms with Gasteiger partial charge in [-0.25, -0.2) is 5.06 Å². The molecule has 2 rings (SSSR count). The zero-order valence-electron chi connectivity index (χ0n) is 6.71. The van der Waals surface area contributed by atoms with Crippen molar-refractivity contribution in [2.24, 2.45) is 0 Å². The molecule has 1 aliphatic rings. The number of carbonyl (C=O) groups is 1. The fraction of sp³-hybridized carbons (Fsp3) is 0.429. The molecule has 13 heavy (non-hydrogen) atoms. The van der Waals surface area contributed by atoms with Crippen LogP contribution in [0.2, 0.25) is 0 Å². The maximum atomic E-state index is 11.5. The van der Waals surface area contributed by atoms with Crippen molar-refractivity contribution in [2.75, 3.05) is 13.2 Å². The second kappa shape index (κ2) is 3.41. The zero-order valence-corrected chi connectivity index (χ0v) is 7.53. The number of amides is 1. The summed E-state index contributed by atoms with van der Waals surface area (Å²) in [7, 11) is 0. The molecular formula is C7H8N2O3S. The van der Waals surface area contributed by atoms with Gasteiger partial charge in [-0.05, 0) is 0 Å². The Balaban J connectivity index is 2.06. The molecule has 0 unspecified atom stereocenters. The maximum Gasteiger partial charge on any atom is 0.289 e. The minimum Gasteiger partial charge on any atom is -0.389 e. The number of hydrogen-bond acceptors (Lipinski definition) is 5. The van der Waals surface area contributed by atoms with Crippen molar-refractivity contribution in [3.05, 3.63) is 16.6 Å². The van der Waals surface area contributed by atoms with Crippen LogP contribution in [0.4, 0.5) is 0 Å². The standard InChI is InChI=1S/C7H8N2O3S/c10-5-2-9(12-3-5)7(11)6-1-8-4-13-6/h1,4-5,10H,2-3H2/t5-/m0/s1. The number of rotatable bonds is 1. The Labute approximate surface area is 78.5 Å². The lowest BCUT2D eigenvalue weighted by atomic mass is 10.4. The van der Waals surface area contributed by atoms with Gasteiger partial charge in [0.1, 0.15) is 17.6 Å². The molecular weight excluding hydrogens is 192 g/mol. The SMILES string of the molecule is O=C(c1cncs1)N1C[C@H](O)CO1. The first-order valence-electron chi connectivity index (χ1n) is 3.78. The topological polar surface area (TPSA) is 62.7 Å². The third-order valence-corrected chi connectivity index (χ3v) is 2.43. The molecule has 1 atom stereocenters. The summed E-state index contributed by atoms with van der Waals surface area (Å²) in [5.41, 5.74) is 1.58. The van der Waals surface area contributed by atoms with Gasteiger partial charge in [0.15, 0.2) is 0 Å². The minimum absolute atomic E-state index is 0.185. The predicted molar refractivity (Wildman–Crippen MR) is 45.1 cm³/mol. The van der Waals surface area contributed by atoms with Crippen LogP contribution in [0.3, 0.4) is 0 Å². The molecule has 1 saturated heterocycles. The van der Waals surface area contributed by atoms with Crippen molar-refractivity contribution in [1.82, 2.24) is 10.0 Å². The van der Waals surface area contributed by atoms with Crippen molar-refractivity contribution in [2.45, 2.75) is 6.10 Å². The van der Waals surface area contributed by atoms with Crippen molar-refractivity contribution < 1.29 is 14.7 Å². The Hall–Kier alpha value is -0.980. The summed E-state index contributed by atoms with van der Waals surface area (Å²) in [6.07, 6.45) is 0.915. The van der Waals surface area contributed by atoms with Crippen LogP contribution in [-0.4, -0.2) is 40.3 Å². The number of thiazole rings is 1. The molecule has 1 aliphatic heterocycles. The average Bonchev–Trinajstić information content (AvgIpc) is 2.72. The third-order valence-electron chi connectivity index (χ3n) is 1.67. The van der Waals surface area contributed by atoms with Crippen LogP contribution in [0.25, 0.3) is 0 Å². The molecule has 0 spiro atoms. The number of hydroxylamine groups is 2. The highest BCUT2D eigenvalue weighted by Crippen LogP contribution is 2.14. The zero-order chi connectivity index (χ0) is 9.26. The summed E-state index contributed by atoms with van der Waals surface area (Å²) in [4.78, 5) is 20.8. The van der Waals surface area contributed by atoms with Crippen LogP contribution < -0.4 is 0 Å². The van der Waals surface area contributed by atoms with E-state index in [0.717, 1.165) is 5.06 Å². The van der Waals surface area contributed by atoms with Crippen molar-refractivity contribution >= 4 is 17.2 Å². The Kier molecular flexibility index (Phi) is 2.26. The van der Waals surface area contributed by atoms with Crippen LogP contribution in [0.5, 0.6) is 0 Å². The van der Waals surface area contributed by atoms with Gasteiger partial charge in [-0.1, -0.05) is 0 Å². The van der Waals surface area contributed by atoms with E-state index in [9.17, 15) is 4.79 Å². The Bertz CT molecular complexity index is 301. The van der Waals surface area contributed by atoms with Crippen LogP contribution in [0.1, 0.15) is 9.67 Å². The molecule has 1 aromatic heterocycles. The van der Waals surface area contributed by atoms with Crippen LogP contribution in [0.15, 0.2) is 11.7 Å². The largest absolute Gasteiger partial charge is 0.389 e. The highest BCUT2D eigenvalue weighted by Gasteiger charge is 2.27. The number of carbonyl (C=O) groups excluding carboxylic acids is 1. The number of aromatic nitrogens is 1. The van der Waals surface area contributed by atoms with Crippen LogP contribution >= 0.6 is 11.3 Å². The lowest BCUT2D eigenvalue weighted by molar-refractivity contribution is -0.0776. The van der Waals surface area contributed by atoms with Gasteiger partial charge in [0.05, 0.1) is 18.3 Å². The molecule has 1 fully saturated rings. The lowest BCUT2D eigenvalue weighted by Crippen LogP contribution is -2.27.